The number of ether oxygens (including phenoxy) is 2. The van der Waals surface area contributed by atoms with Crippen molar-refractivity contribution < 1.29 is 14.3 Å². The maximum absolute atomic E-state index is 12.9. The molecule has 3 aliphatic heterocycles. The minimum Gasteiger partial charge on any atom is -0.462 e. The van der Waals surface area contributed by atoms with E-state index < -0.39 is 0 Å². The van der Waals surface area contributed by atoms with E-state index in [1.807, 2.05) is 18.3 Å². The smallest absolute Gasteiger partial charge is 0.310 e. The van der Waals surface area contributed by atoms with Gasteiger partial charge < -0.3 is 14.4 Å². The molecule has 6 nitrogen and oxygen atoms in total. The van der Waals surface area contributed by atoms with Gasteiger partial charge in [0.1, 0.15) is 17.5 Å². The second-order valence-electron chi connectivity index (χ2n) is 10.7. The van der Waals surface area contributed by atoms with Gasteiger partial charge >= 0.3 is 5.97 Å². The Hall–Kier alpha value is -1.66. The Morgan fingerprint density at radius 3 is 2.73 bits per heavy atom. The zero-order valence-electron chi connectivity index (χ0n) is 18.2. The molecule has 1 aromatic rings. The van der Waals surface area contributed by atoms with Crippen LogP contribution in [0.4, 0.5) is 5.82 Å². The van der Waals surface area contributed by atoms with Crippen molar-refractivity contribution in [1.82, 2.24) is 9.88 Å². The number of fused-ring (bicyclic) bond motifs is 1. The van der Waals surface area contributed by atoms with Crippen LogP contribution in [-0.4, -0.2) is 65.9 Å². The summed E-state index contributed by atoms with van der Waals surface area (Å²) in [6.45, 7) is 9.34. The average molecular weight is 412 g/mol. The van der Waals surface area contributed by atoms with Crippen LogP contribution in [0.1, 0.15) is 46.0 Å². The van der Waals surface area contributed by atoms with Crippen LogP contribution in [0.15, 0.2) is 24.4 Å². The zero-order chi connectivity index (χ0) is 20.6. The summed E-state index contributed by atoms with van der Waals surface area (Å²) in [6.07, 6.45) is 7.49. The fourth-order valence-corrected chi connectivity index (χ4v) is 7.35. The van der Waals surface area contributed by atoms with Gasteiger partial charge in [0.25, 0.3) is 0 Å². The molecule has 5 fully saturated rings. The van der Waals surface area contributed by atoms with Crippen LogP contribution < -0.4 is 4.90 Å². The van der Waals surface area contributed by atoms with Crippen LogP contribution in [-0.2, 0) is 14.3 Å². The molecule has 0 N–H and O–H groups in total. The number of carbonyl (C=O) groups is 1. The molecule has 6 heteroatoms. The molecule has 162 valence electrons. The molecule has 0 aromatic carbocycles. The second-order valence-corrected chi connectivity index (χ2v) is 10.7. The predicted octanol–water partition coefficient (Wildman–Crippen LogP) is 2.87. The Bertz CT molecular complexity index is 841. The first-order chi connectivity index (χ1) is 14.4. The Kier molecular flexibility index (Phi) is 4.08. The van der Waals surface area contributed by atoms with E-state index in [2.05, 4.69) is 34.7 Å². The summed E-state index contributed by atoms with van der Waals surface area (Å²) in [5.74, 6) is 1.37. The summed E-state index contributed by atoms with van der Waals surface area (Å²) >= 11 is 0. The van der Waals surface area contributed by atoms with Gasteiger partial charge in [-0.1, -0.05) is 13.0 Å². The Morgan fingerprint density at radius 2 is 1.97 bits per heavy atom. The van der Waals surface area contributed by atoms with Crippen LogP contribution in [0.25, 0.3) is 0 Å². The molecule has 3 saturated heterocycles. The van der Waals surface area contributed by atoms with Crippen molar-refractivity contribution in [3.63, 3.8) is 0 Å². The number of piperazine rings is 1. The predicted molar refractivity (Wildman–Crippen MR) is 113 cm³/mol. The normalized spacial score (nSPS) is 45.3. The first-order valence-electron chi connectivity index (χ1n) is 11.7. The van der Waals surface area contributed by atoms with E-state index in [0.717, 1.165) is 57.8 Å². The Balaban J connectivity index is 1.14. The molecule has 1 aromatic heterocycles. The zero-order valence-corrected chi connectivity index (χ0v) is 18.2. The first kappa shape index (κ1) is 19.1. The van der Waals surface area contributed by atoms with Crippen LogP contribution >= 0.6 is 0 Å². The van der Waals surface area contributed by atoms with Crippen molar-refractivity contribution in [2.24, 2.45) is 17.3 Å². The highest BCUT2D eigenvalue weighted by molar-refractivity contribution is 5.76. The molecular formula is C24H33N3O3. The molecule has 2 saturated carbocycles. The van der Waals surface area contributed by atoms with Gasteiger partial charge in [0.2, 0.25) is 0 Å². The molecule has 0 amide bonds. The van der Waals surface area contributed by atoms with Crippen LogP contribution in [0.2, 0.25) is 0 Å². The molecule has 30 heavy (non-hydrogen) atoms. The van der Waals surface area contributed by atoms with Crippen molar-refractivity contribution in [2.75, 3.05) is 37.6 Å². The number of esters is 1. The van der Waals surface area contributed by atoms with Crippen molar-refractivity contribution in [2.45, 2.75) is 63.3 Å². The third-order valence-electron chi connectivity index (χ3n) is 9.11. The Labute approximate surface area is 178 Å². The molecule has 5 aliphatic rings. The molecule has 6 atom stereocenters. The number of epoxide rings is 1. The molecule has 0 unspecified atom stereocenters. The van der Waals surface area contributed by atoms with Crippen molar-refractivity contribution in [3.05, 3.63) is 24.4 Å². The standard InChI is InChI=1S/C24H33N3O3/c1-22-7-5-8-23(2)24(22,30-23)14-17-18(21(28)29-19(17)15-22)16-26-10-12-27(13-11-26)20-6-3-4-9-25-20/h3-4,6,9,17-19H,5,7-8,10-16H2,1-2H3/t17-,18+,19+,22+,23-,24-/m0/s1. The maximum atomic E-state index is 12.9. The van der Waals surface area contributed by atoms with Crippen LogP contribution in [0.5, 0.6) is 0 Å². The lowest BCUT2D eigenvalue weighted by atomic mass is 9.53. The van der Waals surface area contributed by atoms with E-state index in [0.29, 0.717) is 5.92 Å². The summed E-state index contributed by atoms with van der Waals surface area (Å²) in [6, 6.07) is 6.07. The lowest BCUT2D eigenvalue weighted by Crippen LogP contribution is -2.54. The molecule has 1 spiro atoms. The van der Waals surface area contributed by atoms with Gasteiger partial charge in [0, 0.05) is 50.3 Å². The minimum absolute atomic E-state index is 0.00861. The van der Waals surface area contributed by atoms with Crippen molar-refractivity contribution in [3.8, 4) is 0 Å². The number of pyridine rings is 1. The van der Waals surface area contributed by atoms with Gasteiger partial charge in [-0.25, -0.2) is 4.98 Å². The molecule has 0 bridgehead atoms. The third-order valence-corrected chi connectivity index (χ3v) is 9.11. The molecular weight excluding hydrogens is 378 g/mol. The average Bonchev–Trinajstić information content (AvgIpc) is 3.27. The molecule has 2 aliphatic carbocycles. The van der Waals surface area contributed by atoms with E-state index in [1.54, 1.807) is 0 Å². The summed E-state index contributed by atoms with van der Waals surface area (Å²) in [5, 5.41) is 0. The third kappa shape index (κ3) is 2.62. The fourth-order valence-electron chi connectivity index (χ4n) is 7.35. The number of hydrogen-bond donors (Lipinski definition) is 0. The summed E-state index contributed by atoms with van der Waals surface area (Å²) in [5.41, 5.74) is 0.156. The number of aromatic nitrogens is 1. The largest absolute Gasteiger partial charge is 0.462 e. The topological polar surface area (TPSA) is 58.2 Å². The van der Waals surface area contributed by atoms with Crippen molar-refractivity contribution in [1.29, 1.82) is 0 Å². The SMILES string of the molecule is C[C@]12CCC[C@]3(C)O[C@@]13C[C@@H]1[C@@H](C2)OC(=O)[C@@H]1CN1CCN(c2ccccn2)CC1. The van der Waals surface area contributed by atoms with Gasteiger partial charge in [0.15, 0.2) is 0 Å². The van der Waals surface area contributed by atoms with Gasteiger partial charge in [0.05, 0.1) is 11.5 Å². The lowest BCUT2D eigenvalue weighted by Gasteiger charge is -2.48. The quantitative estimate of drug-likeness (QED) is 0.563. The van der Waals surface area contributed by atoms with E-state index in [-0.39, 0.29) is 34.6 Å². The van der Waals surface area contributed by atoms with Crippen molar-refractivity contribution >= 4 is 11.8 Å². The number of nitrogens with zero attached hydrogens (tertiary/aromatic N) is 3. The summed E-state index contributed by atoms with van der Waals surface area (Å²) in [7, 11) is 0. The minimum atomic E-state index is -0.0245. The molecule has 6 rings (SSSR count). The fraction of sp³-hybridized carbons (Fsp3) is 0.750. The number of anilines is 1. The highest BCUT2D eigenvalue weighted by Crippen LogP contribution is 2.72. The lowest BCUT2D eigenvalue weighted by molar-refractivity contribution is -0.146. The Morgan fingerprint density at radius 1 is 1.13 bits per heavy atom. The van der Waals surface area contributed by atoms with Gasteiger partial charge in [-0.15, -0.1) is 0 Å². The number of hydrogen-bond acceptors (Lipinski definition) is 6. The van der Waals surface area contributed by atoms with Gasteiger partial charge in [-0.3, -0.25) is 9.69 Å². The molecule has 4 heterocycles. The van der Waals surface area contributed by atoms with Gasteiger partial charge in [-0.05, 0) is 51.2 Å². The first-order valence-corrected chi connectivity index (χ1v) is 11.7. The molecule has 0 radical (unpaired) electrons. The maximum Gasteiger partial charge on any atom is 0.310 e. The van der Waals surface area contributed by atoms with Gasteiger partial charge in [-0.2, -0.15) is 0 Å². The summed E-state index contributed by atoms with van der Waals surface area (Å²) < 4.78 is 12.5. The highest BCUT2D eigenvalue weighted by Gasteiger charge is 2.79. The van der Waals surface area contributed by atoms with Crippen LogP contribution in [0, 0.1) is 17.3 Å². The van der Waals surface area contributed by atoms with Crippen LogP contribution in [0.3, 0.4) is 0 Å². The monoisotopic (exact) mass is 411 g/mol. The van der Waals surface area contributed by atoms with E-state index >= 15 is 0 Å². The van der Waals surface area contributed by atoms with E-state index in [9.17, 15) is 4.79 Å². The highest BCUT2D eigenvalue weighted by atomic mass is 16.6. The number of rotatable bonds is 3. The second kappa shape index (κ2) is 6.42. The van der Waals surface area contributed by atoms with E-state index in [1.165, 1.54) is 12.8 Å². The summed E-state index contributed by atoms with van der Waals surface area (Å²) in [4.78, 5) is 22.2. The van der Waals surface area contributed by atoms with E-state index in [4.69, 9.17) is 9.47 Å². The number of carbonyl (C=O) groups excluding carboxylic acids is 1.